The van der Waals surface area contributed by atoms with Gasteiger partial charge in [-0.1, -0.05) is 56.3 Å². The maximum Gasteiger partial charge on any atom is 0.306 e. The fourth-order valence-corrected chi connectivity index (χ4v) is 4.73. The summed E-state index contributed by atoms with van der Waals surface area (Å²) in [4.78, 5) is 26.2. The Balaban J connectivity index is 1.83. The second-order valence-corrected chi connectivity index (χ2v) is 9.42. The van der Waals surface area contributed by atoms with Crippen molar-refractivity contribution in [3.05, 3.63) is 65.7 Å². The summed E-state index contributed by atoms with van der Waals surface area (Å²) in [6.07, 6.45) is 0.502. The number of amides is 1. The average Bonchev–Trinajstić information content (AvgIpc) is 2.81. The minimum atomic E-state index is -3.50. The molecule has 1 amide bonds. The Morgan fingerprint density at radius 2 is 1.56 bits per heavy atom. The van der Waals surface area contributed by atoms with Gasteiger partial charge in [-0.2, -0.15) is 4.31 Å². The number of esters is 1. The molecule has 0 heterocycles. The zero-order chi connectivity index (χ0) is 23.7. The van der Waals surface area contributed by atoms with Gasteiger partial charge in [0, 0.05) is 26.6 Å². The van der Waals surface area contributed by atoms with Crippen LogP contribution >= 0.6 is 0 Å². The van der Waals surface area contributed by atoms with Gasteiger partial charge in [0.1, 0.15) is 0 Å². The number of nitrogens with zero attached hydrogens (tertiary/aromatic N) is 2. The molecule has 0 radical (unpaired) electrons. The summed E-state index contributed by atoms with van der Waals surface area (Å²) in [5.74, 6) is -0.750. The first-order valence-electron chi connectivity index (χ1n) is 10.8. The van der Waals surface area contributed by atoms with Crippen molar-refractivity contribution in [2.45, 2.75) is 44.6 Å². The summed E-state index contributed by atoms with van der Waals surface area (Å²) in [6.45, 7) is 6.01. The van der Waals surface area contributed by atoms with Crippen LogP contribution in [0.1, 0.15) is 44.4 Å². The Morgan fingerprint density at radius 1 is 0.969 bits per heavy atom. The van der Waals surface area contributed by atoms with Crippen molar-refractivity contribution < 1.29 is 22.7 Å². The molecule has 0 aliphatic carbocycles. The van der Waals surface area contributed by atoms with Crippen LogP contribution in [0.4, 0.5) is 0 Å². The van der Waals surface area contributed by atoms with Gasteiger partial charge in [-0.3, -0.25) is 9.59 Å². The molecule has 174 valence electrons. The number of hydrogen-bond acceptors (Lipinski definition) is 5. The van der Waals surface area contributed by atoms with Crippen molar-refractivity contribution in [2.75, 3.05) is 26.7 Å². The standard InChI is InChI=1S/C24H32N2O5S/c1-5-26(6-2)32(29,30)22-15-12-20(13-16-22)14-17-24(28)31-18-23(27)25(4)19(3)21-10-8-7-9-11-21/h7-13,15-16,19H,5-6,14,17-18H2,1-4H3. The number of carbonyl (C=O) groups excluding carboxylic acids is 2. The zero-order valence-electron chi connectivity index (χ0n) is 19.2. The SMILES string of the molecule is CCN(CC)S(=O)(=O)c1ccc(CCC(=O)OCC(=O)N(C)C(C)c2ccccc2)cc1. The second kappa shape index (κ2) is 11.8. The van der Waals surface area contributed by atoms with Crippen LogP contribution in [0.2, 0.25) is 0 Å². The Labute approximate surface area is 191 Å². The van der Waals surface area contributed by atoms with E-state index < -0.39 is 16.0 Å². The Kier molecular flexibility index (Phi) is 9.41. The third kappa shape index (κ3) is 6.64. The fraction of sp³-hybridized carbons (Fsp3) is 0.417. The van der Waals surface area contributed by atoms with Crippen LogP contribution in [0.15, 0.2) is 59.5 Å². The summed E-state index contributed by atoms with van der Waals surface area (Å²) in [6, 6.07) is 16.0. The number of hydrogen-bond donors (Lipinski definition) is 0. The number of carbonyl (C=O) groups is 2. The van der Waals surface area contributed by atoms with Crippen LogP contribution in [0.25, 0.3) is 0 Å². The minimum absolute atomic E-state index is 0.105. The molecule has 0 fully saturated rings. The minimum Gasteiger partial charge on any atom is -0.456 e. The molecule has 0 aliphatic rings. The zero-order valence-corrected chi connectivity index (χ0v) is 20.0. The van der Waals surface area contributed by atoms with E-state index in [1.165, 1.54) is 4.31 Å². The smallest absolute Gasteiger partial charge is 0.306 e. The van der Waals surface area contributed by atoms with Gasteiger partial charge in [-0.15, -0.1) is 0 Å². The maximum atomic E-state index is 12.5. The number of benzene rings is 2. The lowest BCUT2D eigenvalue weighted by Crippen LogP contribution is -2.33. The predicted octanol–water partition coefficient (Wildman–Crippen LogP) is 3.41. The molecule has 7 nitrogen and oxygen atoms in total. The van der Waals surface area contributed by atoms with Gasteiger partial charge in [0.15, 0.2) is 6.61 Å². The van der Waals surface area contributed by atoms with Crippen molar-refractivity contribution in [2.24, 2.45) is 0 Å². The summed E-state index contributed by atoms with van der Waals surface area (Å²) < 4.78 is 31.6. The third-order valence-electron chi connectivity index (χ3n) is 5.50. The van der Waals surface area contributed by atoms with E-state index in [9.17, 15) is 18.0 Å². The lowest BCUT2D eigenvalue weighted by Gasteiger charge is -2.25. The molecule has 0 saturated heterocycles. The topological polar surface area (TPSA) is 84.0 Å². The number of sulfonamides is 1. The molecule has 1 unspecified atom stereocenters. The number of ether oxygens (including phenoxy) is 1. The van der Waals surface area contributed by atoms with Crippen molar-refractivity contribution in [1.29, 1.82) is 0 Å². The summed E-state index contributed by atoms with van der Waals surface area (Å²) in [5, 5.41) is 0. The van der Waals surface area contributed by atoms with Gasteiger partial charge in [0.05, 0.1) is 10.9 Å². The molecular formula is C24H32N2O5S. The molecule has 0 bridgehead atoms. The Hall–Kier alpha value is -2.71. The van der Waals surface area contributed by atoms with Gasteiger partial charge in [0.2, 0.25) is 10.0 Å². The van der Waals surface area contributed by atoms with Crippen molar-refractivity contribution >= 4 is 21.9 Å². The number of likely N-dealkylation sites (N-methyl/N-ethyl adjacent to an activating group) is 1. The largest absolute Gasteiger partial charge is 0.456 e. The van der Waals surface area contributed by atoms with Crippen molar-refractivity contribution in [1.82, 2.24) is 9.21 Å². The Morgan fingerprint density at radius 3 is 2.12 bits per heavy atom. The molecule has 0 aliphatic heterocycles. The van der Waals surface area contributed by atoms with E-state index in [-0.39, 0.29) is 29.9 Å². The monoisotopic (exact) mass is 460 g/mol. The third-order valence-corrected chi connectivity index (χ3v) is 7.56. The maximum absolute atomic E-state index is 12.5. The predicted molar refractivity (Wildman–Crippen MR) is 123 cm³/mol. The molecule has 0 N–H and O–H groups in total. The lowest BCUT2D eigenvalue weighted by molar-refractivity contribution is -0.152. The Bertz CT molecular complexity index is 987. The molecule has 2 aromatic carbocycles. The molecule has 0 saturated carbocycles. The molecule has 8 heteroatoms. The van der Waals surface area contributed by atoms with Gasteiger partial charge in [-0.05, 0) is 36.6 Å². The van der Waals surface area contributed by atoms with E-state index in [0.29, 0.717) is 19.5 Å². The molecule has 0 aromatic heterocycles. The van der Waals surface area contributed by atoms with Crippen LogP contribution < -0.4 is 0 Å². The number of aryl methyl sites for hydroxylation is 1. The number of rotatable bonds is 11. The van der Waals surface area contributed by atoms with E-state index in [4.69, 9.17) is 4.74 Å². The van der Waals surface area contributed by atoms with E-state index in [1.807, 2.05) is 37.3 Å². The van der Waals surface area contributed by atoms with Crippen LogP contribution in [0, 0.1) is 0 Å². The molecule has 1 atom stereocenters. The summed E-state index contributed by atoms with van der Waals surface area (Å²) in [5.41, 5.74) is 1.82. The van der Waals surface area contributed by atoms with E-state index in [2.05, 4.69) is 0 Å². The van der Waals surface area contributed by atoms with E-state index in [0.717, 1.165) is 11.1 Å². The first kappa shape index (κ1) is 25.5. The van der Waals surface area contributed by atoms with E-state index >= 15 is 0 Å². The molecule has 0 spiro atoms. The van der Waals surface area contributed by atoms with Crippen LogP contribution in [-0.4, -0.2) is 56.2 Å². The highest BCUT2D eigenvalue weighted by atomic mass is 32.2. The molecule has 32 heavy (non-hydrogen) atoms. The lowest BCUT2D eigenvalue weighted by atomic mass is 10.1. The molecule has 2 rings (SSSR count). The fourth-order valence-electron chi connectivity index (χ4n) is 3.27. The van der Waals surface area contributed by atoms with Gasteiger partial charge < -0.3 is 9.64 Å². The van der Waals surface area contributed by atoms with Crippen molar-refractivity contribution in [3.63, 3.8) is 0 Å². The first-order chi connectivity index (χ1) is 15.2. The highest BCUT2D eigenvalue weighted by Gasteiger charge is 2.21. The van der Waals surface area contributed by atoms with Gasteiger partial charge in [0.25, 0.3) is 5.91 Å². The first-order valence-corrected chi connectivity index (χ1v) is 12.2. The normalized spacial score (nSPS) is 12.4. The van der Waals surface area contributed by atoms with Crippen LogP contribution in [0.3, 0.4) is 0 Å². The van der Waals surface area contributed by atoms with Gasteiger partial charge >= 0.3 is 5.97 Å². The molecule has 2 aromatic rings. The highest BCUT2D eigenvalue weighted by molar-refractivity contribution is 7.89. The van der Waals surface area contributed by atoms with Crippen molar-refractivity contribution in [3.8, 4) is 0 Å². The van der Waals surface area contributed by atoms with Gasteiger partial charge in [-0.25, -0.2) is 8.42 Å². The molecular weight excluding hydrogens is 428 g/mol. The summed E-state index contributed by atoms with van der Waals surface area (Å²) >= 11 is 0. The van der Waals surface area contributed by atoms with E-state index in [1.54, 1.807) is 50.1 Å². The second-order valence-electron chi connectivity index (χ2n) is 7.49. The quantitative estimate of drug-likeness (QED) is 0.480. The average molecular weight is 461 g/mol. The highest BCUT2D eigenvalue weighted by Crippen LogP contribution is 2.19. The summed E-state index contributed by atoms with van der Waals surface area (Å²) in [7, 11) is -1.82. The van der Waals surface area contributed by atoms with Crippen LogP contribution in [-0.2, 0) is 30.8 Å². The van der Waals surface area contributed by atoms with Crippen LogP contribution in [0.5, 0.6) is 0 Å².